The smallest absolute Gasteiger partial charge is 0.341 e. The van der Waals surface area contributed by atoms with Crippen LogP contribution in [-0.4, -0.2) is 37.4 Å². The van der Waals surface area contributed by atoms with Crippen LogP contribution in [0.4, 0.5) is 0 Å². The van der Waals surface area contributed by atoms with Crippen molar-refractivity contribution in [3.05, 3.63) is 0 Å². The van der Waals surface area contributed by atoms with Gasteiger partial charge in [0, 0.05) is 6.42 Å². The Balaban J connectivity index is 2.29. The molecule has 1 aliphatic rings. The Morgan fingerprint density at radius 1 is 1.35 bits per heavy atom. The number of rotatable bonds is 7. The predicted molar refractivity (Wildman–Crippen MR) is 60.4 cm³/mol. The summed E-state index contributed by atoms with van der Waals surface area (Å²) in [6, 6.07) is 0. The molecule has 0 radical (unpaired) electrons. The Kier molecular flexibility index (Phi) is 4.93. The van der Waals surface area contributed by atoms with E-state index in [9.17, 15) is 9.59 Å². The van der Waals surface area contributed by atoms with Crippen molar-refractivity contribution in [2.24, 2.45) is 0 Å². The molecule has 0 aromatic carbocycles. The SMILES string of the molecule is CCOC(=O)C1(CCCCC(=O)OC)OC1C. The van der Waals surface area contributed by atoms with E-state index in [1.165, 1.54) is 7.11 Å². The number of methoxy groups -OCH3 is 1. The van der Waals surface area contributed by atoms with Crippen LogP contribution in [0.3, 0.4) is 0 Å². The van der Waals surface area contributed by atoms with Gasteiger partial charge < -0.3 is 14.2 Å². The highest BCUT2D eigenvalue weighted by Gasteiger charge is 2.60. The maximum absolute atomic E-state index is 11.7. The number of unbranched alkanes of at least 4 members (excludes halogenated alkanes) is 1. The molecule has 0 aromatic heterocycles. The first-order valence-electron chi connectivity index (χ1n) is 5.98. The van der Waals surface area contributed by atoms with Gasteiger partial charge in [-0.25, -0.2) is 4.79 Å². The molecular formula is C12H20O5. The van der Waals surface area contributed by atoms with Crippen LogP contribution >= 0.6 is 0 Å². The van der Waals surface area contributed by atoms with Crippen molar-refractivity contribution in [3.63, 3.8) is 0 Å². The molecule has 1 heterocycles. The van der Waals surface area contributed by atoms with Gasteiger partial charge in [0.2, 0.25) is 0 Å². The molecule has 0 bridgehead atoms. The van der Waals surface area contributed by atoms with E-state index in [-0.39, 0.29) is 18.0 Å². The van der Waals surface area contributed by atoms with Crippen molar-refractivity contribution >= 4 is 11.9 Å². The fraction of sp³-hybridized carbons (Fsp3) is 0.833. The molecular weight excluding hydrogens is 224 g/mol. The van der Waals surface area contributed by atoms with Gasteiger partial charge in [-0.05, 0) is 33.1 Å². The van der Waals surface area contributed by atoms with Crippen molar-refractivity contribution < 1.29 is 23.8 Å². The fourth-order valence-electron chi connectivity index (χ4n) is 1.87. The molecule has 2 atom stereocenters. The highest BCUT2D eigenvalue weighted by Crippen LogP contribution is 2.42. The Labute approximate surface area is 101 Å². The first-order chi connectivity index (χ1) is 8.06. The number of hydrogen-bond donors (Lipinski definition) is 0. The van der Waals surface area contributed by atoms with E-state index in [0.29, 0.717) is 25.9 Å². The Bertz CT molecular complexity index is 289. The summed E-state index contributed by atoms with van der Waals surface area (Å²) in [7, 11) is 1.37. The lowest BCUT2D eigenvalue weighted by Gasteiger charge is -2.10. The molecule has 1 fully saturated rings. The maximum Gasteiger partial charge on any atom is 0.341 e. The second-order valence-electron chi connectivity index (χ2n) is 4.15. The van der Waals surface area contributed by atoms with Crippen LogP contribution < -0.4 is 0 Å². The molecule has 1 saturated heterocycles. The van der Waals surface area contributed by atoms with Gasteiger partial charge in [0.1, 0.15) is 0 Å². The van der Waals surface area contributed by atoms with Gasteiger partial charge in [0.05, 0.1) is 19.8 Å². The fourth-order valence-corrected chi connectivity index (χ4v) is 1.87. The second-order valence-corrected chi connectivity index (χ2v) is 4.15. The van der Waals surface area contributed by atoms with Gasteiger partial charge >= 0.3 is 11.9 Å². The first-order valence-corrected chi connectivity index (χ1v) is 5.98. The largest absolute Gasteiger partial charge is 0.469 e. The molecule has 5 heteroatoms. The van der Waals surface area contributed by atoms with Crippen molar-refractivity contribution in [3.8, 4) is 0 Å². The average Bonchev–Trinajstić information content (AvgIpc) is 2.97. The number of epoxide rings is 1. The first kappa shape index (κ1) is 14.0. The van der Waals surface area contributed by atoms with Gasteiger partial charge in [-0.3, -0.25) is 4.79 Å². The topological polar surface area (TPSA) is 65.1 Å². The van der Waals surface area contributed by atoms with Gasteiger partial charge in [-0.2, -0.15) is 0 Å². The normalized spacial score (nSPS) is 26.4. The van der Waals surface area contributed by atoms with E-state index in [2.05, 4.69) is 4.74 Å². The third-order valence-corrected chi connectivity index (χ3v) is 3.01. The predicted octanol–water partition coefficient (Wildman–Crippen LogP) is 1.44. The van der Waals surface area contributed by atoms with Crippen molar-refractivity contribution in [1.82, 2.24) is 0 Å². The highest BCUT2D eigenvalue weighted by atomic mass is 16.7. The van der Waals surface area contributed by atoms with Crippen LogP contribution in [0.15, 0.2) is 0 Å². The minimum atomic E-state index is -0.758. The monoisotopic (exact) mass is 244 g/mol. The molecule has 0 N–H and O–H groups in total. The molecule has 5 nitrogen and oxygen atoms in total. The third kappa shape index (κ3) is 3.43. The van der Waals surface area contributed by atoms with E-state index >= 15 is 0 Å². The van der Waals surface area contributed by atoms with E-state index < -0.39 is 5.60 Å². The number of carbonyl (C=O) groups is 2. The van der Waals surface area contributed by atoms with E-state index in [4.69, 9.17) is 9.47 Å². The Morgan fingerprint density at radius 3 is 2.47 bits per heavy atom. The molecule has 2 unspecified atom stereocenters. The minimum Gasteiger partial charge on any atom is -0.469 e. The molecule has 1 aliphatic heterocycles. The van der Waals surface area contributed by atoms with Crippen LogP contribution in [-0.2, 0) is 23.8 Å². The van der Waals surface area contributed by atoms with Crippen LogP contribution in [0, 0.1) is 0 Å². The zero-order chi connectivity index (χ0) is 12.9. The highest BCUT2D eigenvalue weighted by molar-refractivity contribution is 5.83. The van der Waals surface area contributed by atoms with Crippen LogP contribution in [0.1, 0.15) is 39.5 Å². The molecule has 17 heavy (non-hydrogen) atoms. The molecule has 0 aliphatic carbocycles. The van der Waals surface area contributed by atoms with Gasteiger partial charge in [0.25, 0.3) is 0 Å². The van der Waals surface area contributed by atoms with Gasteiger partial charge in [-0.15, -0.1) is 0 Å². The van der Waals surface area contributed by atoms with Crippen LogP contribution in [0.2, 0.25) is 0 Å². The van der Waals surface area contributed by atoms with Crippen molar-refractivity contribution in [2.45, 2.75) is 51.2 Å². The summed E-state index contributed by atoms with van der Waals surface area (Å²) < 4.78 is 14.9. The summed E-state index contributed by atoms with van der Waals surface area (Å²) >= 11 is 0. The zero-order valence-corrected chi connectivity index (χ0v) is 10.7. The molecule has 0 aromatic rings. The number of esters is 2. The average molecular weight is 244 g/mol. The quantitative estimate of drug-likeness (QED) is 0.385. The third-order valence-electron chi connectivity index (χ3n) is 3.01. The van der Waals surface area contributed by atoms with E-state index in [1.54, 1.807) is 6.92 Å². The number of carbonyl (C=O) groups excluding carboxylic acids is 2. The van der Waals surface area contributed by atoms with Crippen molar-refractivity contribution in [2.75, 3.05) is 13.7 Å². The van der Waals surface area contributed by atoms with Crippen molar-refractivity contribution in [1.29, 1.82) is 0 Å². The molecule has 0 spiro atoms. The minimum absolute atomic E-state index is 0.0836. The summed E-state index contributed by atoms with van der Waals surface area (Å²) in [5.41, 5.74) is -0.758. The van der Waals surface area contributed by atoms with Crippen LogP contribution in [0.5, 0.6) is 0 Å². The summed E-state index contributed by atoms with van der Waals surface area (Å²) in [6.45, 7) is 3.99. The molecule has 0 saturated carbocycles. The van der Waals surface area contributed by atoms with Gasteiger partial charge in [-0.1, -0.05) is 0 Å². The summed E-state index contributed by atoms with van der Waals surface area (Å²) in [5.74, 6) is -0.509. The second kappa shape index (κ2) is 6.00. The van der Waals surface area contributed by atoms with E-state index in [0.717, 1.165) is 6.42 Å². The van der Waals surface area contributed by atoms with Gasteiger partial charge in [0.15, 0.2) is 5.60 Å². The Hall–Kier alpha value is -1.10. The number of hydrogen-bond acceptors (Lipinski definition) is 5. The lowest BCUT2D eigenvalue weighted by molar-refractivity contribution is -0.149. The molecule has 98 valence electrons. The lowest BCUT2D eigenvalue weighted by atomic mass is 9.98. The summed E-state index contributed by atoms with van der Waals surface area (Å²) in [4.78, 5) is 22.6. The summed E-state index contributed by atoms with van der Waals surface area (Å²) in [5, 5.41) is 0. The Morgan fingerprint density at radius 2 is 2.00 bits per heavy atom. The van der Waals surface area contributed by atoms with Crippen LogP contribution in [0.25, 0.3) is 0 Å². The zero-order valence-electron chi connectivity index (χ0n) is 10.7. The summed E-state index contributed by atoms with van der Waals surface area (Å²) in [6.07, 6.45) is 2.34. The lowest BCUT2D eigenvalue weighted by Crippen LogP contribution is -2.29. The maximum atomic E-state index is 11.7. The molecule has 0 amide bonds. The van der Waals surface area contributed by atoms with E-state index in [1.807, 2.05) is 6.92 Å². The molecule has 1 rings (SSSR count). The standard InChI is InChI=1S/C12H20O5/c1-4-16-11(14)12(9(2)17-12)8-6-5-7-10(13)15-3/h9H,4-8H2,1-3H3. The number of ether oxygens (including phenoxy) is 3.